The van der Waals surface area contributed by atoms with Gasteiger partial charge in [-0.1, -0.05) is 18.2 Å². The second-order valence-electron chi connectivity index (χ2n) is 4.70. The van der Waals surface area contributed by atoms with E-state index in [4.69, 9.17) is 0 Å². The van der Waals surface area contributed by atoms with E-state index in [-0.39, 0.29) is 23.0 Å². The third-order valence-corrected chi connectivity index (χ3v) is 3.17. The molecule has 2 aromatic rings. The van der Waals surface area contributed by atoms with Gasteiger partial charge in [-0.3, -0.25) is 4.79 Å². The molecule has 2 aromatic carbocycles. The predicted octanol–water partition coefficient (Wildman–Crippen LogP) is 3.28. The van der Waals surface area contributed by atoms with Gasteiger partial charge in [0.15, 0.2) is 0 Å². The average molecular weight is 290 g/mol. The molecule has 0 heterocycles. The highest BCUT2D eigenvalue weighted by atomic mass is 19.1. The zero-order valence-corrected chi connectivity index (χ0v) is 11.9. The zero-order chi connectivity index (χ0) is 15.4. The van der Waals surface area contributed by atoms with Crippen molar-refractivity contribution in [3.8, 4) is 0 Å². The van der Waals surface area contributed by atoms with Gasteiger partial charge in [-0.05, 0) is 29.8 Å². The zero-order valence-electron chi connectivity index (χ0n) is 11.9. The summed E-state index contributed by atoms with van der Waals surface area (Å²) in [5.41, 5.74) is 1.24. The summed E-state index contributed by atoms with van der Waals surface area (Å²) in [4.78, 5) is 13.9. The Balaban J connectivity index is 2.19. The van der Waals surface area contributed by atoms with Crippen molar-refractivity contribution in [2.24, 2.45) is 0 Å². The van der Waals surface area contributed by atoms with Gasteiger partial charge in [-0.25, -0.2) is 8.78 Å². The molecule has 1 N–H and O–H groups in total. The highest BCUT2D eigenvalue weighted by molar-refractivity contribution is 5.99. The van der Waals surface area contributed by atoms with Gasteiger partial charge in [0.05, 0.1) is 11.3 Å². The Hall–Kier alpha value is -2.43. The largest absolute Gasteiger partial charge is 0.385 e. The van der Waals surface area contributed by atoms with Crippen molar-refractivity contribution >= 4 is 11.6 Å². The summed E-state index contributed by atoms with van der Waals surface area (Å²) in [7, 11) is 3.19. The van der Waals surface area contributed by atoms with Crippen LogP contribution in [-0.4, -0.2) is 24.9 Å². The van der Waals surface area contributed by atoms with Crippen molar-refractivity contribution in [3.05, 3.63) is 65.2 Å². The van der Waals surface area contributed by atoms with Crippen LogP contribution in [-0.2, 0) is 6.54 Å². The van der Waals surface area contributed by atoms with Gasteiger partial charge >= 0.3 is 0 Å². The van der Waals surface area contributed by atoms with Crippen LogP contribution in [0.2, 0.25) is 0 Å². The number of amides is 1. The van der Waals surface area contributed by atoms with E-state index in [1.165, 1.54) is 29.2 Å². The lowest BCUT2D eigenvalue weighted by Gasteiger charge is -2.19. The summed E-state index contributed by atoms with van der Waals surface area (Å²) in [5.74, 6) is -1.10. The summed E-state index contributed by atoms with van der Waals surface area (Å²) >= 11 is 0. The van der Waals surface area contributed by atoms with E-state index in [1.807, 2.05) is 0 Å². The quantitative estimate of drug-likeness (QED) is 0.937. The first-order valence-corrected chi connectivity index (χ1v) is 6.49. The minimum atomic E-state index is -0.474. The normalized spacial score (nSPS) is 10.3. The predicted molar refractivity (Wildman–Crippen MR) is 78.1 cm³/mol. The Morgan fingerprint density at radius 2 is 1.81 bits per heavy atom. The minimum absolute atomic E-state index is 0.174. The highest BCUT2D eigenvalue weighted by Gasteiger charge is 2.17. The monoisotopic (exact) mass is 290 g/mol. The maximum atomic E-state index is 13.7. The van der Waals surface area contributed by atoms with Crippen molar-refractivity contribution in [2.75, 3.05) is 19.4 Å². The number of benzene rings is 2. The van der Waals surface area contributed by atoms with E-state index in [0.717, 1.165) is 5.56 Å². The molecule has 0 radical (unpaired) electrons. The molecule has 0 unspecified atom stereocenters. The van der Waals surface area contributed by atoms with Gasteiger partial charge in [0, 0.05) is 20.6 Å². The van der Waals surface area contributed by atoms with Crippen LogP contribution in [0, 0.1) is 11.6 Å². The molecule has 0 saturated heterocycles. The number of hydrogen-bond donors (Lipinski definition) is 1. The summed E-state index contributed by atoms with van der Waals surface area (Å²) in [6.45, 7) is 0.318. The first-order chi connectivity index (χ1) is 10.0. The van der Waals surface area contributed by atoms with Gasteiger partial charge in [-0.15, -0.1) is 0 Å². The molecule has 2 rings (SSSR count). The lowest BCUT2D eigenvalue weighted by molar-refractivity contribution is 0.0785. The van der Waals surface area contributed by atoms with Crippen LogP contribution in [0.3, 0.4) is 0 Å². The summed E-state index contributed by atoms with van der Waals surface area (Å²) < 4.78 is 26.5. The number of rotatable bonds is 4. The molecule has 0 saturated carbocycles. The number of para-hydroxylation sites is 1. The summed E-state index contributed by atoms with van der Waals surface area (Å²) in [6.07, 6.45) is 0. The van der Waals surface area contributed by atoms with E-state index >= 15 is 0 Å². The third kappa shape index (κ3) is 3.37. The van der Waals surface area contributed by atoms with Crippen LogP contribution in [0.4, 0.5) is 14.5 Å². The molecular formula is C16H16F2N2O. The third-order valence-electron chi connectivity index (χ3n) is 3.17. The fourth-order valence-corrected chi connectivity index (χ4v) is 2.10. The molecule has 110 valence electrons. The molecule has 0 aromatic heterocycles. The van der Waals surface area contributed by atoms with E-state index < -0.39 is 5.82 Å². The van der Waals surface area contributed by atoms with E-state index in [1.54, 1.807) is 32.3 Å². The Morgan fingerprint density at radius 3 is 2.43 bits per heavy atom. The molecule has 0 aliphatic carbocycles. The molecule has 0 aliphatic rings. The number of hydrogen-bond acceptors (Lipinski definition) is 2. The maximum absolute atomic E-state index is 13.7. The van der Waals surface area contributed by atoms with Gasteiger partial charge in [0.2, 0.25) is 0 Å². The lowest BCUT2D eigenvalue weighted by atomic mass is 10.1. The second-order valence-corrected chi connectivity index (χ2v) is 4.70. The SMILES string of the molecule is CNc1c(F)cccc1C(=O)N(C)Cc1ccc(F)cc1. The van der Waals surface area contributed by atoms with Crippen LogP contribution in [0.15, 0.2) is 42.5 Å². The molecule has 0 aliphatic heterocycles. The molecule has 21 heavy (non-hydrogen) atoms. The molecule has 0 spiro atoms. The fraction of sp³-hybridized carbons (Fsp3) is 0.188. The number of nitrogens with one attached hydrogen (secondary N) is 1. The number of anilines is 1. The van der Waals surface area contributed by atoms with Crippen LogP contribution in [0.5, 0.6) is 0 Å². The minimum Gasteiger partial charge on any atom is -0.385 e. The molecule has 3 nitrogen and oxygen atoms in total. The van der Waals surface area contributed by atoms with E-state index in [9.17, 15) is 13.6 Å². The van der Waals surface area contributed by atoms with Gasteiger partial charge in [-0.2, -0.15) is 0 Å². The lowest BCUT2D eigenvalue weighted by Crippen LogP contribution is -2.27. The maximum Gasteiger partial charge on any atom is 0.256 e. The number of carbonyl (C=O) groups is 1. The van der Waals surface area contributed by atoms with Crippen LogP contribution in [0.1, 0.15) is 15.9 Å². The first kappa shape index (κ1) is 15.0. The molecule has 1 amide bonds. The Morgan fingerprint density at radius 1 is 1.14 bits per heavy atom. The molecule has 0 bridgehead atoms. The van der Waals surface area contributed by atoms with Gasteiger partial charge in [0.1, 0.15) is 11.6 Å². The highest BCUT2D eigenvalue weighted by Crippen LogP contribution is 2.21. The molecular weight excluding hydrogens is 274 g/mol. The topological polar surface area (TPSA) is 32.3 Å². The van der Waals surface area contributed by atoms with E-state index in [0.29, 0.717) is 6.54 Å². The van der Waals surface area contributed by atoms with Crippen molar-refractivity contribution in [2.45, 2.75) is 6.54 Å². The van der Waals surface area contributed by atoms with Crippen molar-refractivity contribution in [1.29, 1.82) is 0 Å². The number of halogens is 2. The van der Waals surface area contributed by atoms with E-state index in [2.05, 4.69) is 5.32 Å². The molecule has 0 fully saturated rings. The Kier molecular flexibility index (Phi) is 4.52. The average Bonchev–Trinajstić information content (AvgIpc) is 2.48. The van der Waals surface area contributed by atoms with Crippen molar-refractivity contribution in [3.63, 3.8) is 0 Å². The van der Waals surface area contributed by atoms with Crippen LogP contribution < -0.4 is 5.32 Å². The number of carbonyl (C=O) groups excluding carboxylic acids is 1. The Labute approximate surface area is 122 Å². The van der Waals surface area contributed by atoms with Crippen LogP contribution in [0.25, 0.3) is 0 Å². The van der Waals surface area contributed by atoms with Crippen molar-refractivity contribution in [1.82, 2.24) is 4.90 Å². The second kappa shape index (κ2) is 6.35. The standard InChI is InChI=1S/C16H16F2N2O/c1-19-15-13(4-3-5-14(15)18)16(21)20(2)10-11-6-8-12(17)9-7-11/h3-9,19H,10H2,1-2H3. The van der Waals surface area contributed by atoms with Crippen LogP contribution >= 0.6 is 0 Å². The fourth-order valence-electron chi connectivity index (χ4n) is 2.10. The van der Waals surface area contributed by atoms with Gasteiger partial charge < -0.3 is 10.2 Å². The van der Waals surface area contributed by atoms with Gasteiger partial charge in [0.25, 0.3) is 5.91 Å². The smallest absolute Gasteiger partial charge is 0.256 e. The first-order valence-electron chi connectivity index (χ1n) is 6.49. The number of nitrogens with zero attached hydrogens (tertiary/aromatic N) is 1. The summed E-state index contributed by atoms with van der Waals surface area (Å²) in [5, 5.41) is 2.70. The summed E-state index contributed by atoms with van der Waals surface area (Å²) in [6, 6.07) is 10.3. The van der Waals surface area contributed by atoms with Crippen molar-refractivity contribution < 1.29 is 13.6 Å². The Bertz CT molecular complexity index is 641. The molecule has 0 atom stereocenters. The molecule has 5 heteroatoms.